The summed E-state index contributed by atoms with van der Waals surface area (Å²) in [4.78, 5) is 9.86. The zero-order valence-corrected chi connectivity index (χ0v) is 12.4. The molecule has 3 aromatic rings. The fourth-order valence-corrected chi connectivity index (χ4v) is 3.99. The molecule has 0 aliphatic carbocycles. The number of thiophene rings is 1. The maximum atomic E-state index is 5.49. The third-order valence-corrected chi connectivity index (χ3v) is 5.11. The Morgan fingerprint density at radius 1 is 1.37 bits per heavy atom. The molecule has 0 radical (unpaired) electrons. The average Bonchev–Trinajstić information content (AvgIpc) is 3.03. The van der Waals surface area contributed by atoms with Crippen molar-refractivity contribution in [3.8, 4) is 0 Å². The van der Waals surface area contributed by atoms with Crippen LogP contribution in [0.5, 0.6) is 0 Å². The van der Waals surface area contributed by atoms with Crippen molar-refractivity contribution in [2.45, 2.75) is 17.0 Å². The second-order valence-corrected chi connectivity index (χ2v) is 6.95. The topological polar surface area (TPSA) is 89.6 Å². The van der Waals surface area contributed by atoms with Gasteiger partial charge in [0.15, 0.2) is 10.2 Å². The summed E-state index contributed by atoms with van der Waals surface area (Å²) in [5.41, 5.74) is 2.62. The highest BCUT2D eigenvalue weighted by molar-refractivity contribution is 8.00. The first-order chi connectivity index (χ1) is 9.26. The third kappa shape index (κ3) is 2.68. The number of rotatable bonds is 4. The molecule has 0 aliphatic heterocycles. The molecule has 0 saturated carbocycles. The second kappa shape index (κ2) is 5.37. The van der Waals surface area contributed by atoms with Crippen LogP contribution in [0.4, 0.5) is 5.82 Å². The summed E-state index contributed by atoms with van der Waals surface area (Å²) in [6, 6.07) is 1.96. The molecule has 0 spiro atoms. The van der Waals surface area contributed by atoms with Crippen LogP contribution in [0.1, 0.15) is 10.8 Å². The Hall–Kier alpha value is -1.29. The summed E-state index contributed by atoms with van der Waals surface area (Å²) in [5, 5.41) is 11.9. The van der Waals surface area contributed by atoms with Gasteiger partial charge in [-0.2, -0.15) is 0 Å². The van der Waals surface area contributed by atoms with Gasteiger partial charge in [-0.05, 0) is 18.4 Å². The molecule has 6 nitrogen and oxygen atoms in total. The van der Waals surface area contributed by atoms with E-state index in [4.69, 9.17) is 5.84 Å². The summed E-state index contributed by atoms with van der Waals surface area (Å²) in [6.07, 6.45) is 0. The molecule has 9 heteroatoms. The monoisotopic (exact) mass is 310 g/mol. The van der Waals surface area contributed by atoms with Crippen LogP contribution in [0.2, 0.25) is 0 Å². The molecule has 0 unspecified atom stereocenters. The second-order valence-electron chi connectivity index (χ2n) is 3.65. The predicted molar refractivity (Wildman–Crippen MR) is 79.4 cm³/mol. The molecule has 3 aromatic heterocycles. The zero-order chi connectivity index (χ0) is 13.2. The standard InChI is InChI=1S/C10H10N6S3/c1-5-15-16-10(19-5)18-4-7-12-8(14-11)6-2-3-17-9(6)13-7/h2-3H,4,11H2,1H3,(H,12,13,14). The fourth-order valence-electron chi connectivity index (χ4n) is 1.54. The average molecular weight is 310 g/mol. The van der Waals surface area contributed by atoms with Crippen LogP contribution in [0, 0.1) is 6.92 Å². The highest BCUT2D eigenvalue weighted by Gasteiger charge is 2.09. The third-order valence-electron chi connectivity index (χ3n) is 2.34. The molecule has 19 heavy (non-hydrogen) atoms. The van der Waals surface area contributed by atoms with Crippen LogP contribution >= 0.6 is 34.4 Å². The van der Waals surface area contributed by atoms with E-state index < -0.39 is 0 Å². The highest BCUT2D eigenvalue weighted by Crippen LogP contribution is 2.28. The van der Waals surface area contributed by atoms with Crippen LogP contribution < -0.4 is 11.3 Å². The number of fused-ring (bicyclic) bond motifs is 1. The summed E-state index contributed by atoms with van der Waals surface area (Å²) in [7, 11) is 0. The van der Waals surface area contributed by atoms with Crippen molar-refractivity contribution in [2.24, 2.45) is 5.84 Å². The lowest BCUT2D eigenvalue weighted by Gasteiger charge is -2.03. The first kappa shape index (κ1) is 12.7. The molecule has 0 aromatic carbocycles. The number of nitrogens with one attached hydrogen (secondary N) is 1. The van der Waals surface area contributed by atoms with Gasteiger partial charge in [0.25, 0.3) is 0 Å². The lowest BCUT2D eigenvalue weighted by atomic mass is 10.4. The molecule has 3 N–H and O–H groups in total. The van der Waals surface area contributed by atoms with Gasteiger partial charge in [0.1, 0.15) is 15.7 Å². The Balaban J connectivity index is 1.84. The minimum atomic E-state index is 0.650. The smallest absolute Gasteiger partial charge is 0.174 e. The minimum absolute atomic E-state index is 0.650. The molecule has 3 rings (SSSR count). The van der Waals surface area contributed by atoms with Crippen molar-refractivity contribution in [3.63, 3.8) is 0 Å². The summed E-state index contributed by atoms with van der Waals surface area (Å²) < 4.78 is 0.926. The van der Waals surface area contributed by atoms with Crippen molar-refractivity contribution in [1.82, 2.24) is 20.2 Å². The summed E-state index contributed by atoms with van der Waals surface area (Å²) in [5.74, 6) is 7.54. The van der Waals surface area contributed by atoms with Crippen LogP contribution in [-0.4, -0.2) is 20.2 Å². The normalized spacial score (nSPS) is 11.1. The largest absolute Gasteiger partial charge is 0.308 e. The van der Waals surface area contributed by atoms with E-state index in [1.807, 2.05) is 18.4 Å². The Morgan fingerprint density at radius 3 is 3.00 bits per heavy atom. The Bertz CT molecular complexity index is 706. The number of hydrazine groups is 1. The van der Waals surface area contributed by atoms with E-state index in [2.05, 4.69) is 25.6 Å². The minimum Gasteiger partial charge on any atom is -0.308 e. The molecule has 0 bridgehead atoms. The first-order valence-corrected chi connectivity index (χ1v) is 8.08. The van der Waals surface area contributed by atoms with E-state index in [0.717, 1.165) is 25.4 Å². The van der Waals surface area contributed by atoms with Gasteiger partial charge in [-0.25, -0.2) is 15.8 Å². The van der Waals surface area contributed by atoms with Crippen LogP contribution in [0.15, 0.2) is 15.8 Å². The van der Waals surface area contributed by atoms with Crippen molar-refractivity contribution < 1.29 is 0 Å². The molecular formula is C10H10N6S3. The van der Waals surface area contributed by atoms with E-state index in [0.29, 0.717) is 11.6 Å². The van der Waals surface area contributed by atoms with Gasteiger partial charge in [-0.3, -0.25) is 0 Å². The van der Waals surface area contributed by atoms with Gasteiger partial charge in [0, 0.05) is 0 Å². The van der Waals surface area contributed by atoms with E-state index in [1.54, 1.807) is 34.4 Å². The molecule has 0 atom stereocenters. The SMILES string of the molecule is Cc1nnc(SCc2nc(NN)c3ccsc3n2)s1. The number of nitrogens with two attached hydrogens (primary N) is 1. The van der Waals surface area contributed by atoms with Crippen molar-refractivity contribution in [2.75, 3.05) is 5.43 Å². The van der Waals surface area contributed by atoms with Gasteiger partial charge < -0.3 is 5.43 Å². The molecule has 0 amide bonds. The van der Waals surface area contributed by atoms with E-state index in [1.165, 1.54) is 0 Å². The van der Waals surface area contributed by atoms with Crippen molar-refractivity contribution in [1.29, 1.82) is 0 Å². The lowest BCUT2D eigenvalue weighted by molar-refractivity contribution is 0.980. The number of anilines is 1. The van der Waals surface area contributed by atoms with Gasteiger partial charge in [-0.15, -0.1) is 21.5 Å². The lowest BCUT2D eigenvalue weighted by Crippen LogP contribution is -2.10. The molecular weight excluding hydrogens is 300 g/mol. The molecule has 3 heterocycles. The maximum Gasteiger partial charge on any atom is 0.174 e. The van der Waals surface area contributed by atoms with E-state index in [9.17, 15) is 0 Å². The quantitative estimate of drug-likeness (QED) is 0.434. The van der Waals surface area contributed by atoms with Crippen molar-refractivity contribution in [3.05, 3.63) is 22.3 Å². The van der Waals surface area contributed by atoms with Crippen molar-refractivity contribution >= 4 is 50.5 Å². The number of aromatic nitrogens is 4. The van der Waals surface area contributed by atoms with Gasteiger partial charge in [-0.1, -0.05) is 23.1 Å². The zero-order valence-electron chi connectivity index (χ0n) is 9.95. The molecule has 98 valence electrons. The Kier molecular flexibility index (Phi) is 3.60. The number of thioether (sulfide) groups is 1. The Morgan fingerprint density at radius 2 is 2.26 bits per heavy atom. The fraction of sp³-hybridized carbons (Fsp3) is 0.200. The summed E-state index contributed by atoms with van der Waals surface area (Å²) in [6.45, 7) is 1.94. The predicted octanol–water partition coefficient (Wildman–Crippen LogP) is 2.43. The van der Waals surface area contributed by atoms with Crippen LogP contribution in [-0.2, 0) is 5.75 Å². The maximum absolute atomic E-state index is 5.49. The van der Waals surface area contributed by atoms with Gasteiger partial charge >= 0.3 is 0 Å². The molecule has 0 saturated heterocycles. The van der Waals surface area contributed by atoms with E-state index >= 15 is 0 Å². The van der Waals surface area contributed by atoms with E-state index in [-0.39, 0.29) is 0 Å². The number of aryl methyl sites for hydroxylation is 1. The molecule has 0 fully saturated rings. The van der Waals surface area contributed by atoms with Gasteiger partial charge in [0.2, 0.25) is 0 Å². The Labute approximate surface area is 121 Å². The first-order valence-electron chi connectivity index (χ1n) is 5.40. The number of hydrogen-bond acceptors (Lipinski definition) is 9. The number of nitrogen functional groups attached to an aromatic ring is 1. The highest BCUT2D eigenvalue weighted by atomic mass is 32.2. The number of hydrogen-bond donors (Lipinski definition) is 2. The van der Waals surface area contributed by atoms with Crippen LogP contribution in [0.25, 0.3) is 10.2 Å². The summed E-state index contributed by atoms with van der Waals surface area (Å²) >= 11 is 4.73. The van der Waals surface area contributed by atoms with Gasteiger partial charge in [0.05, 0.1) is 11.1 Å². The molecule has 0 aliphatic rings. The number of nitrogens with zero attached hydrogens (tertiary/aromatic N) is 4. The van der Waals surface area contributed by atoms with Crippen LogP contribution in [0.3, 0.4) is 0 Å².